The van der Waals surface area contributed by atoms with E-state index in [4.69, 9.17) is 4.74 Å². The van der Waals surface area contributed by atoms with E-state index < -0.39 is 28.4 Å². The highest BCUT2D eigenvalue weighted by atomic mass is 32.2. The lowest BCUT2D eigenvalue weighted by atomic mass is 10.1. The van der Waals surface area contributed by atoms with Crippen LogP contribution in [0.5, 0.6) is 5.75 Å². The Labute approximate surface area is 221 Å². The van der Waals surface area contributed by atoms with Gasteiger partial charge in [-0.3, -0.25) is 29.4 Å². The van der Waals surface area contributed by atoms with Crippen LogP contribution in [-0.2, 0) is 11.4 Å². The molecule has 0 saturated carbocycles. The first-order chi connectivity index (χ1) is 18.4. The number of hydrogen-bond donors (Lipinski definition) is 0. The summed E-state index contributed by atoms with van der Waals surface area (Å²) in [6, 6.07) is 26.4. The van der Waals surface area contributed by atoms with Gasteiger partial charge in [-0.25, -0.2) is 0 Å². The number of carbonyl (C=O) groups is 3. The third kappa shape index (κ3) is 5.33. The Morgan fingerprint density at radius 3 is 2.39 bits per heavy atom. The fraction of sp³-hybridized carbons (Fsp3) is 0.0690. The van der Waals surface area contributed by atoms with E-state index >= 15 is 0 Å². The van der Waals surface area contributed by atoms with Crippen molar-refractivity contribution < 1.29 is 24.0 Å². The fourth-order valence-corrected chi connectivity index (χ4v) is 4.83. The predicted molar refractivity (Wildman–Crippen MR) is 145 cm³/mol. The van der Waals surface area contributed by atoms with Crippen molar-refractivity contribution in [3.63, 3.8) is 0 Å². The number of ether oxygens (including phenoxy) is 1. The van der Waals surface area contributed by atoms with Crippen molar-refractivity contribution >= 4 is 51.2 Å². The molecule has 0 spiro atoms. The van der Waals surface area contributed by atoms with Crippen molar-refractivity contribution in [1.29, 1.82) is 0 Å². The van der Waals surface area contributed by atoms with Crippen molar-refractivity contribution in [3.05, 3.63) is 123 Å². The molecule has 1 heterocycles. The molecule has 9 heteroatoms. The molecule has 8 nitrogen and oxygen atoms in total. The third-order valence-electron chi connectivity index (χ3n) is 5.99. The maximum Gasteiger partial charge on any atom is 0.293 e. The van der Waals surface area contributed by atoms with Crippen LogP contribution >= 0.6 is 11.8 Å². The highest BCUT2D eigenvalue weighted by Crippen LogP contribution is 2.34. The number of non-ortho nitro benzene ring substituents is 1. The molecule has 4 aromatic carbocycles. The van der Waals surface area contributed by atoms with Crippen molar-refractivity contribution in [2.75, 3.05) is 6.54 Å². The average molecular weight is 525 g/mol. The van der Waals surface area contributed by atoms with Gasteiger partial charge >= 0.3 is 0 Å². The Bertz CT molecular complexity index is 1610. The number of hydrogen-bond acceptors (Lipinski definition) is 7. The first-order valence-electron chi connectivity index (χ1n) is 11.6. The summed E-state index contributed by atoms with van der Waals surface area (Å²) in [5.74, 6) is -0.531. The van der Waals surface area contributed by atoms with E-state index in [1.54, 1.807) is 24.3 Å². The SMILES string of the molecule is O=C(CN1C(=O)S/C(=C\c2ccccc2OCc2ccc3ccccc3c2)C1=O)c1ccc([N+](=O)[O-])cc1. The van der Waals surface area contributed by atoms with Gasteiger partial charge in [-0.2, -0.15) is 0 Å². The highest BCUT2D eigenvalue weighted by molar-refractivity contribution is 8.18. The van der Waals surface area contributed by atoms with Gasteiger partial charge in [0.15, 0.2) is 5.78 Å². The van der Waals surface area contributed by atoms with Gasteiger partial charge in [0.2, 0.25) is 0 Å². The van der Waals surface area contributed by atoms with Gasteiger partial charge in [-0.05, 0) is 58.4 Å². The standard InChI is InChI=1S/C29H20N2O6S/c32-25(21-11-13-24(14-12-21)31(35)36)17-30-28(33)27(38-29(30)34)16-23-7-3-4-8-26(23)37-18-19-9-10-20-5-1-2-6-22(20)15-19/h1-16H,17-18H2/b27-16-. The van der Waals surface area contributed by atoms with E-state index in [9.17, 15) is 24.5 Å². The number of ketones is 1. The van der Waals surface area contributed by atoms with Crippen LogP contribution in [0.4, 0.5) is 10.5 Å². The van der Waals surface area contributed by atoms with Crippen LogP contribution in [0.1, 0.15) is 21.5 Å². The summed E-state index contributed by atoms with van der Waals surface area (Å²) in [5.41, 5.74) is 1.63. The number of rotatable bonds is 8. The topological polar surface area (TPSA) is 107 Å². The van der Waals surface area contributed by atoms with Gasteiger partial charge in [0.05, 0.1) is 16.4 Å². The van der Waals surface area contributed by atoms with E-state index in [2.05, 4.69) is 6.07 Å². The second-order valence-electron chi connectivity index (χ2n) is 8.50. The molecule has 0 aliphatic carbocycles. The fourth-order valence-electron chi connectivity index (χ4n) is 4.00. The first kappa shape index (κ1) is 24.9. The van der Waals surface area contributed by atoms with E-state index in [-0.39, 0.29) is 16.2 Å². The molecule has 0 bridgehead atoms. The molecule has 38 heavy (non-hydrogen) atoms. The Balaban J connectivity index is 1.29. The molecule has 0 N–H and O–H groups in total. The summed E-state index contributed by atoms with van der Waals surface area (Å²) >= 11 is 0.746. The molecule has 0 radical (unpaired) electrons. The molecule has 0 aromatic heterocycles. The smallest absolute Gasteiger partial charge is 0.293 e. The third-order valence-corrected chi connectivity index (χ3v) is 6.90. The van der Waals surface area contributed by atoms with Gasteiger partial charge in [0.25, 0.3) is 16.8 Å². The maximum atomic E-state index is 13.0. The van der Waals surface area contributed by atoms with Crippen LogP contribution in [0.25, 0.3) is 16.8 Å². The minimum absolute atomic E-state index is 0.155. The Hall–Kier alpha value is -4.76. The average Bonchev–Trinajstić information content (AvgIpc) is 3.19. The van der Waals surface area contributed by atoms with Crippen LogP contribution < -0.4 is 4.74 Å². The number of carbonyl (C=O) groups excluding carboxylic acids is 3. The molecule has 4 aromatic rings. The number of nitro benzene ring substituents is 1. The molecular weight excluding hydrogens is 504 g/mol. The molecule has 2 amide bonds. The predicted octanol–water partition coefficient (Wildman–Crippen LogP) is 6.25. The zero-order chi connectivity index (χ0) is 26.6. The van der Waals surface area contributed by atoms with Crippen LogP contribution in [0.15, 0.2) is 95.9 Å². The maximum absolute atomic E-state index is 13.0. The highest BCUT2D eigenvalue weighted by Gasteiger charge is 2.36. The van der Waals surface area contributed by atoms with Crippen LogP contribution in [0.3, 0.4) is 0 Å². The van der Waals surface area contributed by atoms with E-state index in [1.165, 1.54) is 24.3 Å². The Morgan fingerprint density at radius 1 is 0.921 bits per heavy atom. The largest absolute Gasteiger partial charge is 0.488 e. The van der Waals surface area contributed by atoms with Crippen molar-refractivity contribution in [2.24, 2.45) is 0 Å². The van der Waals surface area contributed by atoms with Crippen LogP contribution in [-0.4, -0.2) is 33.3 Å². The van der Waals surface area contributed by atoms with Crippen molar-refractivity contribution in [2.45, 2.75) is 6.61 Å². The molecule has 1 fully saturated rings. The quantitative estimate of drug-likeness (QED) is 0.116. The van der Waals surface area contributed by atoms with E-state index in [1.807, 2.05) is 42.5 Å². The number of Topliss-reactive ketones (excluding diaryl/α,β-unsaturated/α-hetero) is 1. The number of thioether (sulfide) groups is 1. The lowest BCUT2D eigenvalue weighted by molar-refractivity contribution is -0.384. The second kappa shape index (κ2) is 10.7. The molecule has 5 rings (SSSR count). The molecule has 1 aliphatic heterocycles. The van der Waals surface area contributed by atoms with Gasteiger partial charge in [-0.1, -0.05) is 54.6 Å². The number of benzene rings is 4. The van der Waals surface area contributed by atoms with Crippen molar-refractivity contribution in [1.82, 2.24) is 4.90 Å². The van der Waals surface area contributed by atoms with Crippen molar-refractivity contribution in [3.8, 4) is 5.75 Å². The monoisotopic (exact) mass is 524 g/mol. The number of fused-ring (bicyclic) bond motifs is 1. The molecule has 1 aliphatic rings. The zero-order valence-corrected chi connectivity index (χ0v) is 20.7. The minimum atomic E-state index is -0.584. The van der Waals surface area contributed by atoms with Crippen LogP contribution in [0.2, 0.25) is 0 Å². The van der Waals surface area contributed by atoms with Gasteiger partial charge in [0, 0.05) is 23.3 Å². The number of nitro groups is 1. The zero-order valence-electron chi connectivity index (χ0n) is 19.9. The summed E-state index contributed by atoms with van der Waals surface area (Å²) < 4.78 is 6.05. The Kier molecular flexibility index (Phi) is 7.01. The summed E-state index contributed by atoms with van der Waals surface area (Å²) in [4.78, 5) is 49.5. The lowest BCUT2D eigenvalue weighted by Gasteiger charge is -2.12. The number of imide groups is 1. The molecule has 188 valence electrons. The number of para-hydroxylation sites is 1. The minimum Gasteiger partial charge on any atom is -0.488 e. The molecular formula is C29H20N2O6S. The first-order valence-corrected chi connectivity index (χ1v) is 12.4. The molecule has 0 unspecified atom stereocenters. The summed E-state index contributed by atoms with van der Waals surface area (Å²) in [6.45, 7) is -0.138. The van der Waals surface area contributed by atoms with Crippen LogP contribution in [0, 0.1) is 10.1 Å². The molecule has 0 atom stereocenters. The summed E-state index contributed by atoms with van der Waals surface area (Å²) in [7, 11) is 0. The summed E-state index contributed by atoms with van der Waals surface area (Å²) in [6.07, 6.45) is 1.58. The van der Waals surface area contributed by atoms with Gasteiger partial charge in [-0.15, -0.1) is 0 Å². The molecule has 1 saturated heterocycles. The van der Waals surface area contributed by atoms with E-state index in [0.29, 0.717) is 17.9 Å². The van der Waals surface area contributed by atoms with Gasteiger partial charge < -0.3 is 4.74 Å². The van der Waals surface area contributed by atoms with E-state index in [0.717, 1.165) is 33.0 Å². The van der Waals surface area contributed by atoms with Gasteiger partial charge in [0.1, 0.15) is 12.4 Å². The summed E-state index contributed by atoms with van der Waals surface area (Å²) in [5, 5.41) is 12.5. The lowest BCUT2D eigenvalue weighted by Crippen LogP contribution is -2.33. The Morgan fingerprint density at radius 2 is 1.63 bits per heavy atom. The second-order valence-corrected chi connectivity index (χ2v) is 9.50. The normalized spacial score (nSPS) is 14.3. The number of nitrogens with zero attached hydrogens (tertiary/aromatic N) is 2. The number of amides is 2.